The molecule has 0 amide bonds. The van der Waals surface area contributed by atoms with Gasteiger partial charge in [-0.1, -0.05) is 0 Å². The van der Waals surface area contributed by atoms with Crippen molar-refractivity contribution in [3.8, 4) is 11.5 Å². The molecule has 0 heterocycles. The van der Waals surface area contributed by atoms with Crippen LogP contribution >= 0.6 is 0 Å². The molecule has 138 valence electrons. The smallest absolute Gasteiger partial charge is 0.298 e. The number of hydrogen-bond donors (Lipinski definition) is 4. The average Bonchev–Trinajstić information content (AvgIpc) is 2.49. The van der Waals surface area contributed by atoms with E-state index in [0.29, 0.717) is 12.1 Å². The number of rotatable bonds is 2. The van der Waals surface area contributed by atoms with Gasteiger partial charge in [0.2, 0.25) is 0 Å². The van der Waals surface area contributed by atoms with E-state index in [1.807, 2.05) is 0 Å². The number of hydrogen-bond acceptors (Lipinski definition) is 8. The summed E-state index contributed by atoms with van der Waals surface area (Å²) in [5.41, 5.74) is -2.49. The summed E-state index contributed by atoms with van der Waals surface area (Å²) in [6.45, 7) is 0. The van der Waals surface area contributed by atoms with Gasteiger partial charge in [-0.2, -0.15) is 16.8 Å². The minimum absolute atomic E-state index is 0. The molecule has 0 aromatic heterocycles. The van der Waals surface area contributed by atoms with Crippen LogP contribution in [0.25, 0.3) is 0 Å². The molecule has 10 nitrogen and oxygen atoms in total. The monoisotopic (exact) mass is 446 g/mol. The second-order valence-electron chi connectivity index (χ2n) is 5.28. The predicted octanol–water partition coefficient (Wildman–Crippen LogP) is -0.395. The largest absolute Gasteiger partial charge is 0.506 e. The molecule has 3 rings (SSSR count). The van der Waals surface area contributed by atoms with Crippen molar-refractivity contribution in [2.75, 3.05) is 0 Å². The number of phenols is 2. The van der Waals surface area contributed by atoms with Crippen LogP contribution in [0.5, 0.6) is 11.5 Å². The van der Waals surface area contributed by atoms with E-state index in [1.165, 1.54) is 0 Å². The minimum Gasteiger partial charge on any atom is -0.506 e. The van der Waals surface area contributed by atoms with Gasteiger partial charge in [0, 0.05) is 70.2 Å². The first-order valence-electron chi connectivity index (χ1n) is 6.62. The summed E-state index contributed by atoms with van der Waals surface area (Å²) in [4.78, 5) is 23.1. The van der Waals surface area contributed by atoms with Crippen molar-refractivity contribution >= 4 is 90.9 Å². The van der Waals surface area contributed by atoms with Crippen LogP contribution in [-0.2, 0) is 20.2 Å². The summed E-state index contributed by atoms with van der Waals surface area (Å²) >= 11 is 0. The Bertz CT molecular complexity index is 1140. The van der Waals surface area contributed by atoms with Gasteiger partial charge in [-0.3, -0.25) is 18.7 Å². The third-order valence-corrected chi connectivity index (χ3v) is 5.55. The molecule has 0 spiro atoms. The Kier molecular flexibility index (Phi) is 7.34. The molecule has 0 atom stereocenters. The number of fused-ring (bicyclic) bond motifs is 2. The predicted molar refractivity (Wildman–Crippen MR) is 94.2 cm³/mol. The molecule has 14 heteroatoms. The van der Waals surface area contributed by atoms with Gasteiger partial charge < -0.3 is 10.2 Å². The third kappa shape index (κ3) is 3.94. The van der Waals surface area contributed by atoms with Gasteiger partial charge in [-0.25, -0.2) is 0 Å². The van der Waals surface area contributed by atoms with Crippen LogP contribution in [0.15, 0.2) is 34.1 Å². The second-order valence-corrected chi connectivity index (χ2v) is 8.06. The number of carbonyl (C=O) groups excluding carboxylic acids is 2. The molecule has 0 saturated carbocycles. The standard InChI is InChI=1S/C14H8O10S2.2Na/c15-11-5-1-3-7(25(19,20)21)13(17)9(5)12(16)6-2-4-8(26(22,23)24)14(18)10(6)11;;/h1-4,17-18H,(H,19,20,21)(H,22,23,24);;. The van der Waals surface area contributed by atoms with E-state index >= 15 is 0 Å². The first-order chi connectivity index (χ1) is 11.9. The van der Waals surface area contributed by atoms with E-state index in [-0.39, 0.29) is 59.1 Å². The molecule has 0 unspecified atom stereocenters. The molecule has 4 N–H and O–H groups in total. The maximum atomic E-state index is 12.6. The van der Waals surface area contributed by atoms with Crippen LogP contribution in [0.4, 0.5) is 0 Å². The fourth-order valence-corrected chi connectivity index (χ4v) is 3.84. The topological polar surface area (TPSA) is 183 Å². The van der Waals surface area contributed by atoms with Gasteiger partial charge in [-0.15, -0.1) is 0 Å². The van der Waals surface area contributed by atoms with Crippen LogP contribution < -0.4 is 0 Å². The molecule has 1 aliphatic carbocycles. The van der Waals surface area contributed by atoms with Crippen molar-refractivity contribution in [3.05, 3.63) is 46.5 Å². The SMILES string of the molecule is O=C1c2ccc(S(=O)(=O)O)c(O)c2C(=O)c2ccc(S(=O)(=O)O)c(O)c21.[Na].[Na]. The van der Waals surface area contributed by atoms with E-state index < -0.39 is 75.3 Å². The second kappa shape index (κ2) is 8.14. The van der Waals surface area contributed by atoms with E-state index in [0.717, 1.165) is 12.1 Å². The molecule has 2 aromatic rings. The number of aromatic hydroxyl groups is 2. The number of ketones is 2. The van der Waals surface area contributed by atoms with Crippen molar-refractivity contribution in [2.45, 2.75) is 9.79 Å². The summed E-state index contributed by atoms with van der Waals surface area (Å²) in [5, 5.41) is 20.1. The number of benzene rings is 2. The number of phenolic OH excluding ortho intramolecular Hbond substituents is 2. The summed E-state index contributed by atoms with van der Waals surface area (Å²) in [6, 6.07) is 2.98. The maximum absolute atomic E-state index is 12.6. The molecule has 0 fully saturated rings. The normalized spacial score (nSPS) is 13.1. The maximum Gasteiger partial charge on any atom is 0.298 e. The molecule has 2 aromatic carbocycles. The zero-order valence-electron chi connectivity index (χ0n) is 14.4. The average molecular weight is 446 g/mol. The molecule has 0 bridgehead atoms. The van der Waals surface area contributed by atoms with E-state index in [1.54, 1.807) is 0 Å². The molecular weight excluding hydrogens is 438 g/mol. The van der Waals surface area contributed by atoms with Gasteiger partial charge in [-0.05, 0) is 24.3 Å². The van der Waals surface area contributed by atoms with Crippen molar-refractivity contribution in [2.24, 2.45) is 0 Å². The number of carbonyl (C=O) groups is 2. The van der Waals surface area contributed by atoms with Gasteiger partial charge in [0.05, 0.1) is 11.1 Å². The Balaban J connectivity index is 0.00000196. The fourth-order valence-electron chi connectivity index (χ4n) is 2.67. The summed E-state index contributed by atoms with van der Waals surface area (Å²) in [5.74, 6) is -4.50. The Morgan fingerprint density at radius 2 is 0.893 bits per heavy atom. The molecule has 1 aliphatic rings. The molecule has 0 saturated heterocycles. The minimum atomic E-state index is -4.89. The third-order valence-electron chi connectivity index (χ3n) is 3.78. The summed E-state index contributed by atoms with van der Waals surface area (Å²) in [7, 11) is -9.79. The molecule has 28 heavy (non-hydrogen) atoms. The van der Waals surface area contributed by atoms with Crippen LogP contribution in [0.2, 0.25) is 0 Å². The first kappa shape index (κ1) is 25.2. The zero-order valence-corrected chi connectivity index (χ0v) is 20.0. The fraction of sp³-hybridized carbons (Fsp3) is 0. The van der Waals surface area contributed by atoms with E-state index in [9.17, 15) is 36.6 Å². The molecule has 0 aliphatic heterocycles. The summed E-state index contributed by atoms with van der Waals surface area (Å²) < 4.78 is 63.1. The van der Waals surface area contributed by atoms with Crippen LogP contribution in [0, 0.1) is 0 Å². The van der Waals surface area contributed by atoms with Gasteiger partial charge in [0.15, 0.2) is 11.6 Å². The van der Waals surface area contributed by atoms with Gasteiger partial charge in [0.25, 0.3) is 20.2 Å². The zero-order chi connectivity index (χ0) is 19.6. The van der Waals surface area contributed by atoms with E-state index in [4.69, 9.17) is 9.11 Å². The quantitative estimate of drug-likeness (QED) is 0.298. The Hall–Kier alpha value is -0.800. The van der Waals surface area contributed by atoms with Gasteiger partial charge >= 0.3 is 0 Å². The first-order valence-corrected chi connectivity index (χ1v) is 9.50. The summed E-state index contributed by atoms with van der Waals surface area (Å²) in [6.07, 6.45) is 0. The van der Waals surface area contributed by atoms with Gasteiger partial charge in [0.1, 0.15) is 21.3 Å². The van der Waals surface area contributed by atoms with Crippen molar-refractivity contribution in [1.29, 1.82) is 0 Å². The Labute approximate surface area is 202 Å². The van der Waals surface area contributed by atoms with Crippen LogP contribution in [0.3, 0.4) is 0 Å². The Morgan fingerprint density at radius 1 is 0.607 bits per heavy atom. The van der Waals surface area contributed by atoms with Crippen molar-refractivity contribution in [1.82, 2.24) is 0 Å². The van der Waals surface area contributed by atoms with Crippen LogP contribution in [0.1, 0.15) is 31.8 Å². The van der Waals surface area contributed by atoms with E-state index in [2.05, 4.69) is 0 Å². The Morgan fingerprint density at radius 3 is 1.14 bits per heavy atom. The van der Waals surface area contributed by atoms with Crippen LogP contribution in [-0.4, -0.2) is 107 Å². The molecular formula is C14H8Na2O10S2. The molecule has 2 radical (unpaired) electrons. The van der Waals surface area contributed by atoms with Crippen molar-refractivity contribution < 1.29 is 45.7 Å². The van der Waals surface area contributed by atoms with Crippen molar-refractivity contribution in [3.63, 3.8) is 0 Å².